The van der Waals surface area contributed by atoms with Gasteiger partial charge in [0.2, 0.25) is 0 Å². The van der Waals surface area contributed by atoms with Crippen molar-refractivity contribution < 1.29 is 4.74 Å². The number of piperidine rings is 1. The van der Waals surface area contributed by atoms with Crippen LogP contribution < -0.4 is 4.74 Å². The highest BCUT2D eigenvalue weighted by atomic mass is 16.5. The van der Waals surface area contributed by atoms with Crippen LogP contribution in [0, 0.1) is 5.92 Å². The van der Waals surface area contributed by atoms with Gasteiger partial charge in [-0.3, -0.25) is 4.90 Å². The van der Waals surface area contributed by atoms with Crippen LogP contribution in [-0.4, -0.2) is 35.1 Å². The van der Waals surface area contributed by atoms with Gasteiger partial charge in [-0.1, -0.05) is 13.8 Å². The summed E-state index contributed by atoms with van der Waals surface area (Å²) in [6, 6.07) is 6.42. The van der Waals surface area contributed by atoms with E-state index in [9.17, 15) is 0 Å². The second-order valence-corrected chi connectivity index (χ2v) is 6.15. The van der Waals surface area contributed by atoms with E-state index < -0.39 is 0 Å². The lowest BCUT2D eigenvalue weighted by molar-refractivity contribution is 0.130. The van der Waals surface area contributed by atoms with E-state index in [2.05, 4.69) is 23.7 Å². The van der Waals surface area contributed by atoms with Gasteiger partial charge in [0.05, 0.1) is 24.2 Å². The second kappa shape index (κ2) is 6.06. The Morgan fingerprint density at radius 2 is 2.14 bits per heavy atom. The Morgan fingerprint density at radius 1 is 1.38 bits per heavy atom. The number of likely N-dealkylation sites (tertiary alicyclic amines) is 1. The summed E-state index contributed by atoms with van der Waals surface area (Å²) in [6.07, 6.45) is 3.68. The number of rotatable bonds is 4. The Bertz CT molecular complexity index is 599. The summed E-state index contributed by atoms with van der Waals surface area (Å²) >= 11 is 0. The third-order valence-corrected chi connectivity index (χ3v) is 4.67. The predicted molar refractivity (Wildman–Crippen MR) is 85.6 cm³/mol. The fraction of sp³-hybridized carbons (Fsp3) is 0.588. The van der Waals surface area contributed by atoms with Crippen molar-refractivity contribution in [2.24, 2.45) is 5.92 Å². The van der Waals surface area contributed by atoms with Crippen LogP contribution >= 0.6 is 0 Å². The minimum absolute atomic E-state index is 0.399. The maximum Gasteiger partial charge on any atom is 0.124 e. The van der Waals surface area contributed by atoms with Crippen molar-refractivity contribution in [1.82, 2.24) is 14.9 Å². The molecule has 1 unspecified atom stereocenters. The summed E-state index contributed by atoms with van der Waals surface area (Å²) < 4.78 is 5.29. The summed E-state index contributed by atoms with van der Waals surface area (Å²) in [5, 5.41) is 0. The normalized spacial score (nSPS) is 19.0. The van der Waals surface area contributed by atoms with Crippen molar-refractivity contribution in [2.45, 2.75) is 39.2 Å². The number of benzene rings is 1. The number of aromatic amines is 1. The highest BCUT2D eigenvalue weighted by molar-refractivity contribution is 5.76. The van der Waals surface area contributed by atoms with Crippen LogP contribution in [0.5, 0.6) is 5.75 Å². The highest BCUT2D eigenvalue weighted by Crippen LogP contribution is 2.29. The van der Waals surface area contributed by atoms with Crippen molar-refractivity contribution in [3.63, 3.8) is 0 Å². The molecule has 114 valence electrons. The van der Waals surface area contributed by atoms with Crippen LogP contribution in [0.2, 0.25) is 0 Å². The van der Waals surface area contributed by atoms with Crippen LogP contribution in [0.15, 0.2) is 18.2 Å². The first-order chi connectivity index (χ1) is 10.2. The molecular weight excluding hydrogens is 262 g/mol. The van der Waals surface area contributed by atoms with Crippen LogP contribution in [0.4, 0.5) is 0 Å². The van der Waals surface area contributed by atoms with Gasteiger partial charge in [-0.15, -0.1) is 0 Å². The molecule has 0 saturated carbocycles. The zero-order chi connectivity index (χ0) is 14.8. The quantitative estimate of drug-likeness (QED) is 0.931. The second-order valence-electron chi connectivity index (χ2n) is 6.15. The molecule has 1 aromatic heterocycles. The standard InChI is InChI=1S/C17H25N3O/c1-4-16(20-9-7-12(2)8-10-20)17-18-14-6-5-13(21-3)11-15(14)19-17/h5-6,11-12,16H,4,7-10H2,1-3H3,(H,18,19). The number of nitrogens with zero attached hydrogens (tertiary/aromatic N) is 2. The molecule has 1 aromatic carbocycles. The van der Waals surface area contributed by atoms with Gasteiger partial charge in [0.25, 0.3) is 0 Å². The topological polar surface area (TPSA) is 41.1 Å². The van der Waals surface area contributed by atoms with Crippen molar-refractivity contribution in [1.29, 1.82) is 0 Å². The van der Waals surface area contributed by atoms with Gasteiger partial charge in [-0.25, -0.2) is 4.98 Å². The van der Waals surface area contributed by atoms with E-state index in [0.29, 0.717) is 6.04 Å². The zero-order valence-electron chi connectivity index (χ0n) is 13.2. The fourth-order valence-corrected chi connectivity index (χ4v) is 3.26. The summed E-state index contributed by atoms with van der Waals surface area (Å²) in [6.45, 7) is 6.96. The SMILES string of the molecule is CCC(c1nc2ccc(OC)cc2[nH]1)N1CCC(C)CC1. The average Bonchev–Trinajstić information content (AvgIpc) is 2.92. The number of ether oxygens (including phenoxy) is 1. The maximum absolute atomic E-state index is 5.29. The van der Waals surface area contributed by atoms with Gasteiger partial charge in [0.15, 0.2) is 0 Å². The molecule has 0 radical (unpaired) electrons. The minimum atomic E-state index is 0.399. The van der Waals surface area contributed by atoms with Gasteiger partial charge >= 0.3 is 0 Å². The van der Waals surface area contributed by atoms with Gasteiger partial charge < -0.3 is 9.72 Å². The van der Waals surface area contributed by atoms with E-state index in [0.717, 1.165) is 34.9 Å². The van der Waals surface area contributed by atoms with Gasteiger partial charge in [-0.05, 0) is 50.4 Å². The van der Waals surface area contributed by atoms with Crippen molar-refractivity contribution in [3.05, 3.63) is 24.0 Å². The molecule has 2 aromatic rings. The maximum atomic E-state index is 5.29. The lowest BCUT2D eigenvalue weighted by Gasteiger charge is -2.35. The van der Waals surface area contributed by atoms with E-state index in [4.69, 9.17) is 9.72 Å². The number of imidazole rings is 1. The Morgan fingerprint density at radius 3 is 2.81 bits per heavy atom. The van der Waals surface area contributed by atoms with Crippen LogP contribution in [0.1, 0.15) is 45.0 Å². The van der Waals surface area contributed by atoms with Gasteiger partial charge in [0, 0.05) is 6.07 Å². The monoisotopic (exact) mass is 287 g/mol. The van der Waals surface area contributed by atoms with Gasteiger partial charge in [-0.2, -0.15) is 0 Å². The molecule has 0 bridgehead atoms. The van der Waals surface area contributed by atoms with Crippen molar-refractivity contribution in [3.8, 4) is 5.75 Å². The molecule has 1 atom stereocenters. The Balaban J connectivity index is 1.86. The minimum Gasteiger partial charge on any atom is -0.497 e. The number of nitrogens with one attached hydrogen (secondary N) is 1. The number of fused-ring (bicyclic) bond motifs is 1. The van der Waals surface area contributed by atoms with Crippen LogP contribution in [0.3, 0.4) is 0 Å². The Labute approximate surface area is 126 Å². The molecule has 1 N–H and O–H groups in total. The molecule has 0 aliphatic carbocycles. The number of methoxy groups -OCH3 is 1. The van der Waals surface area contributed by atoms with Crippen LogP contribution in [-0.2, 0) is 0 Å². The van der Waals surface area contributed by atoms with E-state index >= 15 is 0 Å². The highest BCUT2D eigenvalue weighted by Gasteiger charge is 2.25. The van der Waals surface area contributed by atoms with Crippen molar-refractivity contribution >= 4 is 11.0 Å². The first-order valence-electron chi connectivity index (χ1n) is 7.99. The molecule has 2 heterocycles. The molecule has 4 heteroatoms. The van der Waals surface area contributed by atoms with Crippen molar-refractivity contribution in [2.75, 3.05) is 20.2 Å². The summed E-state index contributed by atoms with van der Waals surface area (Å²) in [4.78, 5) is 10.9. The Kier molecular flexibility index (Phi) is 4.15. The van der Waals surface area contributed by atoms with Gasteiger partial charge in [0.1, 0.15) is 11.6 Å². The molecular formula is C17H25N3O. The fourth-order valence-electron chi connectivity index (χ4n) is 3.26. The smallest absolute Gasteiger partial charge is 0.124 e. The third-order valence-electron chi connectivity index (χ3n) is 4.67. The third kappa shape index (κ3) is 2.91. The van der Waals surface area contributed by atoms with E-state index in [-0.39, 0.29) is 0 Å². The average molecular weight is 287 g/mol. The number of aromatic nitrogens is 2. The van der Waals surface area contributed by atoms with Crippen LogP contribution in [0.25, 0.3) is 11.0 Å². The molecule has 1 fully saturated rings. The number of hydrogen-bond donors (Lipinski definition) is 1. The lowest BCUT2D eigenvalue weighted by atomic mass is 9.97. The lowest BCUT2D eigenvalue weighted by Crippen LogP contribution is -2.36. The van der Waals surface area contributed by atoms with E-state index in [1.165, 1.54) is 25.9 Å². The predicted octanol–water partition coefficient (Wildman–Crippen LogP) is 3.75. The molecule has 4 nitrogen and oxygen atoms in total. The number of hydrogen-bond acceptors (Lipinski definition) is 3. The first kappa shape index (κ1) is 14.4. The zero-order valence-corrected chi connectivity index (χ0v) is 13.2. The molecule has 0 amide bonds. The largest absolute Gasteiger partial charge is 0.497 e. The Hall–Kier alpha value is -1.55. The molecule has 1 aliphatic heterocycles. The molecule has 3 rings (SSSR count). The summed E-state index contributed by atoms with van der Waals surface area (Å²) in [7, 11) is 1.70. The molecule has 1 aliphatic rings. The number of H-pyrrole nitrogens is 1. The molecule has 1 saturated heterocycles. The summed E-state index contributed by atoms with van der Waals surface area (Å²) in [5.41, 5.74) is 2.09. The molecule has 21 heavy (non-hydrogen) atoms. The first-order valence-corrected chi connectivity index (χ1v) is 7.99. The van der Waals surface area contributed by atoms with E-state index in [1.54, 1.807) is 7.11 Å². The molecule has 0 spiro atoms. The van der Waals surface area contributed by atoms with E-state index in [1.807, 2.05) is 18.2 Å². The summed E-state index contributed by atoms with van der Waals surface area (Å²) in [5.74, 6) is 2.83.